The number of carbonyl (C=O) groups is 2. The lowest BCUT2D eigenvalue weighted by Gasteiger charge is -2.33. The Kier molecular flexibility index (Phi) is 6.63. The van der Waals surface area contributed by atoms with Crippen LogP contribution < -0.4 is 16.1 Å². The van der Waals surface area contributed by atoms with E-state index in [0.717, 1.165) is 48.4 Å². The van der Waals surface area contributed by atoms with Crippen LogP contribution in [-0.2, 0) is 11.3 Å². The zero-order valence-electron chi connectivity index (χ0n) is 20.8. The number of rotatable bonds is 6. The molecular weight excluding hydrogens is 496 g/mol. The molecule has 3 N–H and O–H groups in total. The third-order valence-corrected chi connectivity index (χ3v) is 7.85. The molecule has 8 nitrogen and oxygen atoms in total. The maximum atomic E-state index is 13.7. The quantitative estimate of drug-likeness (QED) is 0.368. The van der Waals surface area contributed by atoms with E-state index in [1.54, 1.807) is 16.5 Å². The molecule has 9 heteroatoms. The third-order valence-electron chi connectivity index (χ3n) is 7.16. The third kappa shape index (κ3) is 4.79. The van der Waals surface area contributed by atoms with E-state index >= 15 is 0 Å². The van der Waals surface area contributed by atoms with Crippen LogP contribution in [-0.4, -0.2) is 52.9 Å². The van der Waals surface area contributed by atoms with Crippen LogP contribution in [0.5, 0.6) is 0 Å². The molecule has 6 rings (SSSR count). The minimum Gasteiger partial charge on any atom is -0.369 e. The highest BCUT2D eigenvalue weighted by atomic mass is 32.1. The number of amides is 2. The van der Waals surface area contributed by atoms with Crippen LogP contribution in [0, 0.1) is 0 Å². The van der Waals surface area contributed by atoms with Crippen LogP contribution in [0.25, 0.3) is 11.1 Å². The zero-order valence-corrected chi connectivity index (χ0v) is 21.6. The van der Waals surface area contributed by atoms with Crippen LogP contribution in [0.1, 0.15) is 27.5 Å². The highest BCUT2D eigenvalue weighted by Gasteiger charge is 2.37. The van der Waals surface area contributed by atoms with Crippen LogP contribution in [0.2, 0.25) is 0 Å². The van der Waals surface area contributed by atoms with E-state index in [4.69, 9.17) is 5.84 Å². The standard InChI is InChI=1S/C29H28N6O2S/c30-34-15-13-33(14-16-34)24-10-8-20(9-11-24)22-6-7-23-19-35(28(37)25(23)18-22)26(21-4-2-1-3-5-21)27(36)32-29-31-12-17-38-29/h1-12,17-18,26H,13-16,19,30H2,(H,31,32,36). The fraction of sp³-hybridized carbons (Fsp3) is 0.207. The van der Waals surface area contributed by atoms with Crippen molar-refractivity contribution in [3.05, 3.63) is 101 Å². The summed E-state index contributed by atoms with van der Waals surface area (Å²) in [5, 5.41) is 7.04. The van der Waals surface area contributed by atoms with Gasteiger partial charge in [0.2, 0.25) is 0 Å². The first kappa shape index (κ1) is 24.3. The molecule has 0 radical (unpaired) electrons. The van der Waals surface area contributed by atoms with Gasteiger partial charge in [-0.25, -0.2) is 9.99 Å². The smallest absolute Gasteiger partial charge is 0.255 e. The average molecular weight is 525 g/mol. The number of nitrogens with two attached hydrogens (primary N) is 1. The van der Waals surface area contributed by atoms with E-state index in [1.165, 1.54) is 17.0 Å². The number of thiazole rings is 1. The van der Waals surface area contributed by atoms with Gasteiger partial charge < -0.3 is 9.80 Å². The van der Waals surface area contributed by atoms with Crippen molar-refractivity contribution in [2.45, 2.75) is 12.6 Å². The van der Waals surface area contributed by atoms with Crippen molar-refractivity contribution in [1.82, 2.24) is 14.9 Å². The summed E-state index contributed by atoms with van der Waals surface area (Å²) in [4.78, 5) is 35.3. The normalized spacial score (nSPS) is 16.4. The van der Waals surface area contributed by atoms with Crippen molar-refractivity contribution < 1.29 is 9.59 Å². The number of fused-ring (bicyclic) bond motifs is 1. The zero-order chi connectivity index (χ0) is 26.1. The Hall–Kier alpha value is -4.05. The van der Waals surface area contributed by atoms with E-state index in [2.05, 4.69) is 39.5 Å². The van der Waals surface area contributed by atoms with E-state index in [-0.39, 0.29) is 11.8 Å². The number of aromatic nitrogens is 1. The number of piperazine rings is 1. The highest BCUT2D eigenvalue weighted by Crippen LogP contribution is 2.35. The summed E-state index contributed by atoms with van der Waals surface area (Å²) < 4.78 is 0. The molecule has 3 heterocycles. The Bertz CT molecular complexity index is 1430. The Labute approximate surface area is 225 Å². The van der Waals surface area contributed by atoms with Gasteiger partial charge in [0.1, 0.15) is 6.04 Å². The number of benzene rings is 3. The summed E-state index contributed by atoms with van der Waals surface area (Å²) in [6.45, 7) is 3.86. The molecule has 3 aromatic carbocycles. The van der Waals surface area contributed by atoms with Gasteiger partial charge in [-0.3, -0.25) is 20.7 Å². The fourth-order valence-corrected chi connectivity index (χ4v) is 5.66. The van der Waals surface area contributed by atoms with Gasteiger partial charge in [-0.1, -0.05) is 54.6 Å². The van der Waals surface area contributed by atoms with Crippen LogP contribution in [0.4, 0.5) is 10.8 Å². The minimum absolute atomic E-state index is 0.152. The number of hydrazine groups is 1. The molecule has 2 aliphatic rings. The molecule has 1 saturated heterocycles. The van der Waals surface area contributed by atoms with Gasteiger partial charge in [0.15, 0.2) is 5.13 Å². The number of anilines is 2. The maximum Gasteiger partial charge on any atom is 0.255 e. The van der Waals surface area contributed by atoms with Crippen LogP contribution in [0.15, 0.2) is 84.4 Å². The van der Waals surface area contributed by atoms with Crippen LogP contribution in [0.3, 0.4) is 0 Å². The lowest BCUT2D eigenvalue weighted by molar-refractivity contribution is -0.120. The molecule has 0 saturated carbocycles. The van der Waals surface area contributed by atoms with Gasteiger partial charge in [0.25, 0.3) is 11.8 Å². The Morgan fingerprint density at radius 2 is 1.68 bits per heavy atom. The highest BCUT2D eigenvalue weighted by molar-refractivity contribution is 7.13. The van der Waals surface area contributed by atoms with Gasteiger partial charge in [-0.15, -0.1) is 11.3 Å². The predicted molar refractivity (Wildman–Crippen MR) is 150 cm³/mol. The molecule has 0 aliphatic carbocycles. The minimum atomic E-state index is -0.767. The molecule has 1 fully saturated rings. The molecule has 1 aromatic heterocycles. The molecule has 0 spiro atoms. The van der Waals surface area contributed by atoms with E-state index in [1.807, 2.05) is 53.5 Å². The molecule has 1 atom stereocenters. The summed E-state index contributed by atoms with van der Waals surface area (Å²) >= 11 is 1.35. The second-order valence-electron chi connectivity index (χ2n) is 9.51. The molecule has 2 amide bonds. The van der Waals surface area contributed by atoms with Crippen molar-refractivity contribution in [1.29, 1.82) is 0 Å². The summed E-state index contributed by atoms with van der Waals surface area (Å²) in [6, 6.07) is 23.1. The molecule has 38 heavy (non-hydrogen) atoms. The first-order valence-corrected chi connectivity index (χ1v) is 13.5. The lowest BCUT2D eigenvalue weighted by atomic mass is 10.00. The monoisotopic (exact) mass is 524 g/mol. The van der Waals surface area contributed by atoms with Gasteiger partial charge in [-0.2, -0.15) is 0 Å². The average Bonchev–Trinajstić information content (AvgIpc) is 3.58. The second-order valence-corrected chi connectivity index (χ2v) is 10.4. The lowest BCUT2D eigenvalue weighted by Crippen LogP contribution is -2.49. The van der Waals surface area contributed by atoms with E-state index < -0.39 is 6.04 Å². The first-order chi connectivity index (χ1) is 18.6. The predicted octanol–water partition coefficient (Wildman–Crippen LogP) is 4.14. The van der Waals surface area contributed by atoms with Crippen molar-refractivity contribution in [2.75, 3.05) is 36.4 Å². The Morgan fingerprint density at radius 3 is 2.39 bits per heavy atom. The van der Waals surface area contributed by atoms with Gasteiger partial charge in [0, 0.05) is 55.6 Å². The van der Waals surface area contributed by atoms with Crippen molar-refractivity contribution in [3.63, 3.8) is 0 Å². The number of hydrogen-bond acceptors (Lipinski definition) is 7. The topological polar surface area (TPSA) is 94.8 Å². The second kappa shape index (κ2) is 10.4. The molecule has 1 unspecified atom stereocenters. The van der Waals surface area contributed by atoms with Gasteiger partial charge in [-0.05, 0) is 40.5 Å². The van der Waals surface area contributed by atoms with E-state index in [9.17, 15) is 9.59 Å². The molecular formula is C29H28N6O2S. The summed E-state index contributed by atoms with van der Waals surface area (Å²) in [6.07, 6.45) is 1.64. The number of hydrogen-bond donors (Lipinski definition) is 2. The number of nitrogens with one attached hydrogen (secondary N) is 1. The van der Waals surface area contributed by atoms with E-state index in [0.29, 0.717) is 17.2 Å². The SMILES string of the molecule is NN1CCN(c2ccc(-c3ccc4c(c3)C(=O)N(C(C(=O)Nc3nccs3)c3ccccc3)C4)cc2)CC1. The summed E-state index contributed by atoms with van der Waals surface area (Å²) in [5.41, 5.74) is 5.49. The molecule has 192 valence electrons. The molecule has 4 aromatic rings. The van der Waals surface area contributed by atoms with Crippen LogP contribution >= 0.6 is 11.3 Å². The summed E-state index contributed by atoms with van der Waals surface area (Å²) in [5.74, 6) is 5.46. The first-order valence-electron chi connectivity index (χ1n) is 12.6. The Morgan fingerprint density at radius 1 is 0.947 bits per heavy atom. The molecule has 0 bridgehead atoms. The van der Waals surface area contributed by atoms with Crippen molar-refractivity contribution in [3.8, 4) is 11.1 Å². The van der Waals surface area contributed by atoms with Crippen molar-refractivity contribution >= 4 is 34.0 Å². The number of carbonyl (C=O) groups excluding carboxylic acids is 2. The summed E-state index contributed by atoms with van der Waals surface area (Å²) in [7, 11) is 0. The van der Waals surface area contributed by atoms with Gasteiger partial charge in [0.05, 0.1) is 0 Å². The maximum absolute atomic E-state index is 13.7. The molecule has 2 aliphatic heterocycles. The fourth-order valence-electron chi connectivity index (χ4n) is 5.12. The largest absolute Gasteiger partial charge is 0.369 e. The number of nitrogens with zero attached hydrogens (tertiary/aromatic N) is 4. The Balaban J connectivity index is 1.25. The van der Waals surface area contributed by atoms with Crippen molar-refractivity contribution in [2.24, 2.45) is 5.84 Å². The van der Waals surface area contributed by atoms with Gasteiger partial charge >= 0.3 is 0 Å².